The molecule has 1 saturated heterocycles. The number of ether oxygens (including phenoxy) is 1. The predicted octanol–water partition coefficient (Wildman–Crippen LogP) is 1.77. The Hall–Kier alpha value is -1.64. The van der Waals surface area contributed by atoms with Crippen molar-refractivity contribution in [3.8, 4) is 5.75 Å². The van der Waals surface area contributed by atoms with E-state index in [1.165, 1.54) is 23.5 Å². The van der Waals surface area contributed by atoms with E-state index < -0.39 is 10.0 Å². The number of carbonyl (C=O) groups is 1. The summed E-state index contributed by atoms with van der Waals surface area (Å²) in [6, 6.07) is 11.5. The van der Waals surface area contributed by atoms with Crippen molar-refractivity contribution in [3.05, 3.63) is 58.1 Å². The summed E-state index contributed by atoms with van der Waals surface area (Å²) in [7, 11) is -2.20. The molecule has 0 spiro atoms. The summed E-state index contributed by atoms with van der Waals surface area (Å²) in [4.78, 5) is 13.6. The smallest absolute Gasteiger partial charge is 0.245 e. The van der Waals surface area contributed by atoms with E-state index >= 15 is 0 Å². The molecule has 0 saturated carbocycles. The van der Waals surface area contributed by atoms with Crippen LogP contribution < -0.4 is 9.64 Å². The normalized spacial score (nSPS) is 16.1. The van der Waals surface area contributed by atoms with Gasteiger partial charge < -0.3 is 9.64 Å². The molecule has 0 bridgehead atoms. The van der Waals surface area contributed by atoms with Gasteiger partial charge in [0.1, 0.15) is 17.2 Å². The Balaban J connectivity index is 1.66. The molecule has 0 radical (unpaired) electrons. The molecular weight excluding hydrogens is 423 g/mol. The highest BCUT2D eigenvalue weighted by Gasteiger charge is 2.33. The number of para-hydroxylation sites is 1. The van der Waals surface area contributed by atoms with Gasteiger partial charge in [-0.1, -0.05) is 35.3 Å². The summed E-state index contributed by atoms with van der Waals surface area (Å²) in [6.45, 7) is 1.95. The predicted molar refractivity (Wildman–Crippen MR) is 108 cm³/mol. The van der Waals surface area contributed by atoms with E-state index in [4.69, 9.17) is 27.9 Å². The summed E-state index contributed by atoms with van der Waals surface area (Å²) >= 11 is 12.0. The quantitative estimate of drug-likeness (QED) is 0.690. The Bertz CT molecular complexity index is 974. The van der Waals surface area contributed by atoms with Crippen molar-refractivity contribution in [1.82, 2.24) is 4.31 Å². The van der Waals surface area contributed by atoms with Crippen molar-refractivity contribution in [1.29, 1.82) is 0 Å². The number of hydrogen-bond acceptors (Lipinski definition) is 4. The average molecular weight is 444 g/mol. The van der Waals surface area contributed by atoms with Crippen LogP contribution in [0.15, 0.2) is 47.4 Å². The largest absolute Gasteiger partial charge is 0.496 e. The molecule has 2 aromatic carbocycles. The minimum Gasteiger partial charge on any atom is -0.496 e. The first-order valence-electron chi connectivity index (χ1n) is 8.78. The first-order chi connectivity index (χ1) is 13.3. The lowest BCUT2D eigenvalue weighted by Crippen LogP contribution is -3.15. The molecule has 0 aromatic heterocycles. The fourth-order valence-corrected chi connectivity index (χ4v) is 5.41. The SMILES string of the molecule is COc1ccccc1C(=O)C[NH+]1CCN(S(=O)(=O)c2cc(Cl)ccc2Cl)CC1. The van der Waals surface area contributed by atoms with Gasteiger partial charge in [0.15, 0.2) is 0 Å². The van der Waals surface area contributed by atoms with E-state index in [1.807, 2.05) is 6.07 Å². The zero-order valence-electron chi connectivity index (χ0n) is 15.3. The number of methoxy groups -OCH3 is 1. The van der Waals surface area contributed by atoms with E-state index in [9.17, 15) is 13.2 Å². The molecule has 6 nitrogen and oxygen atoms in total. The lowest BCUT2D eigenvalue weighted by molar-refractivity contribution is -0.895. The molecule has 0 unspecified atom stereocenters. The zero-order valence-corrected chi connectivity index (χ0v) is 17.6. The number of nitrogens with one attached hydrogen (secondary N) is 1. The second-order valence-corrected chi connectivity index (χ2v) is 9.28. The second kappa shape index (κ2) is 8.80. The number of halogens is 2. The molecular formula is C19H21Cl2N2O4S+. The number of piperazine rings is 1. The average Bonchev–Trinajstić information content (AvgIpc) is 2.70. The molecule has 0 amide bonds. The maximum absolute atomic E-state index is 12.9. The van der Waals surface area contributed by atoms with Crippen LogP contribution in [0.5, 0.6) is 5.75 Å². The van der Waals surface area contributed by atoms with Crippen LogP contribution in [0.25, 0.3) is 0 Å². The van der Waals surface area contributed by atoms with Gasteiger partial charge in [-0.25, -0.2) is 8.42 Å². The number of sulfonamides is 1. The minimum absolute atomic E-state index is 0.00946. The fourth-order valence-electron chi connectivity index (χ4n) is 3.23. The number of Topliss-reactive ketones (excluding diaryl/α,β-unsaturated/α-hetero) is 1. The maximum Gasteiger partial charge on any atom is 0.245 e. The van der Waals surface area contributed by atoms with E-state index in [2.05, 4.69) is 0 Å². The Morgan fingerprint density at radius 2 is 1.82 bits per heavy atom. The summed E-state index contributed by atoms with van der Waals surface area (Å²) in [5.41, 5.74) is 0.540. The third-order valence-electron chi connectivity index (χ3n) is 4.76. The van der Waals surface area contributed by atoms with E-state index in [0.29, 0.717) is 42.5 Å². The van der Waals surface area contributed by atoms with Crippen molar-refractivity contribution in [2.75, 3.05) is 39.8 Å². The molecule has 2 aromatic rings. The fraction of sp³-hybridized carbons (Fsp3) is 0.316. The molecule has 1 heterocycles. The topological polar surface area (TPSA) is 68.1 Å². The van der Waals surface area contributed by atoms with Crippen molar-refractivity contribution >= 4 is 39.0 Å². The highest BCUT2D eigenvalue weighted by molar-refractivity contribution is 7.89. The number of hydrogen-bond donors (Lipinski definition) is 1. The first kappa shape index (κ1) is 21.1. The molecule has 9 heteroatoms. The van der Waals surface area contributed by atoms with E-state index in [-0.39, 0.29) is 22.2 Å². The van der Waals surface area contributed by atoms with Crippen LogP contribution in [0.2, 0.25) is 10.0 Å². The standard InChI is InChI=1S/C19H20Cl2N2O4S/c1-27-18-5-3-2-4-15(18)17(24)13-22-8-10-23(11-9-22)28(25,26)19-12-14(20)6-7-16(19)21/h2-7,12H,8-11,13H2,1H3/p+1. The van der Waals surface area contributed by atoms with Gasteiger partial charge in [-0.15, -0.1) is 0 Å². The van der Waals surface area contributed by atoms with E-state index in [0.717, 1.165) is 4.90 Å². The third kappa shape index (κ3) is 4.50. The Kier molecular flexibility index (Phi) is 6.62. The van der Waals surface area contributed by atoms with Gasteiger partial charge in [-0.2, -0.15) is 4.31 Å². The second-order valence-electron chi connectivity index (χ2n) is 6.53. The molecule has 0 aliphatic carbocycles. The number of ketones is 1. The highest BCUT2D eigenvalue weighted by Crippen LogP contribution is 2.27. The van der Waals surface area contributed by atoms with Crippen LogP contribution in [-0.4, -0.2) is 58.3 Å². The van der Waals surface area contributed by atoms with Crippen molar-refractivity contribution < 1.29 is 22.8 Å². The number of carbonyl (C=O) groups excluding carboxylic acids is 1. The Morgan fingerprint density at radius 1 is 1.14 bits per heavy atom. The summed E-state index contributed by atoms with van der Waals surface area (Å²) in [5, 5.41) is 0.458. The number of nitrogens with zero attached hydrogens (tertiary/aromatic N) is 1. The monoisotopic (exact) mass is 443 g/mol. The molecule has 1 aliphatic rings. The van der Waals surface area contributed by atoms with Gasteiger partial charge in [0, 0.05) is 5.02 Å². The van der Waals surface area contributed by atoms with Crippen LogP contribution >= 0.6 is 23.2 Å². The van der Waals surface area contributed by atoms with Gasteiger partial charge in [0.2, 0.25) is 15.8 Å². The minimum atomic E-state index is -3.73. The maximum atomic E-state index is 12.9. The van der Waals surface area contributed by atoms with Crippen LogP contribution in [0.1, 0.15) is 10.4 Å². The zero-order chi connectivity index (χ0) is 20.3. The van der Waals surface area contributed by atoms with Gasteiger partial charge in [-0.3, -0.25) is 4.79 Å². The van der Waals surface area contributed by atoms with Gasteiger partial charge in [-0.05, 0) is 30.3 Å². The molecule has 0 atom stereocenters. The van der Waals surface area contributed by atoms with Crippen LogP contribution in [0, 0.1) is 0 Å². The molecule has 150 valence electrons. The third-order valence-corrected chi connectivity index (χ3v) is 7.37. The molecule has 1 aliphatic heterocycles. The summed E-state index contributed by atoms with van der Waals surface area (Å²) in [5.74, 6) is 0.519. The van der Waals surface area contributed by atoms with Crippen LogP contribution in [0.3, 0.4) is 0 Å². The van der Waals surface area contributed by atoms with Crippen molar-refractivity contribution in [2.24, 2.45) is 0 Å². The molecule has 1 N–H and O–H groups in total. The van der Waals surface area contributed by atoms with Crippen molar-refractivity contribution in [2.45, 2.75) is 4.90 Å². The Morgan fingerprint density at radius 3 is 2.50 bits per heavy atom. The highest BCUT2D eigenvalue weighted by atomic mass is 35.5. The lowest BCUT2D eigenvalue weighted by atomic mass is 10.1. The van der Waals surface area contributed by atoms with Crippen LogP contribution in [-0.2, 0) is 10.0 Å². The van der Waals surface area contributed by atoms with E-state index in [1.54, 1.807) is 24.3 Å². The summed E-state index contributed by atoms with van der Waals surface area (Å²) in [6.07, 6.45) is 0. The lowest BCUT2D eigenvalue weighted by Gasteiger charge is -2.31. The van der Waals surface area contributed by atoms with Gasteiger partial charge >= 0.3 is 0 Å². The number of quaternary nitrogens is 1. The number of rotatable bonds is 6. The van der Waals surface area contributed by atoms with Crippen molar-refractivity contribution in [3.63, 3.8) is 0 Å². The van der Waals surface area contributed by atoms with Gasteiger partial charge in [0.25, 0.3) is 0 Å². The number of benzene rings is 2. The first-order valence-corrected chi connectivity index (χ1v) is 11.0. The molecule has 1 fully saturated rings. The molecule has 28 heavy (non-hydrogen) atoms. The molecule has 3 rings (SSSR count). The van der Waals surface area contributed by atoms with Gasteiger partial charge in [0.05, 0.1) is 43.9 Å². The van der Waals surface area contributed by atoms with Crippen LogP contribution in [0.4, 0.5) is 0 Å². The Labute approximate surface area is 174 Å². The summed E-state index contributed by atoms with van der Waals surface area (Å²) < 4.78 is 32.4.